The maximum atomic E-state index is 12.6. The number of aliphatic carboxylic acids is 1. The number of phenolic OH excluding ortho intramolecular Hbond substituents is 2. The molecule has 0 fully saturated rings. The second-order valence-corrected chi connectivity index (χ2v) is 4.79. The normalized spacial score (nSPS) is 10.1. The summed E-state index contributed by atoms with van der Waals surface area (Å²) < 4.78 is 0. The summed E-state index contributed by atoms with van der Waals surface area (Å²) in [7, 11) is 0. The van der Waals surface area contributed by atoms with E-state index in [1.165, 1.54) is 24.3 Å². The molecular formula is C17H15NO5. The summed E-state index contributed by atoms with van der Waals surface area (Å²) in [5.74, 6) is -2.30. The highest BCUT2D eigenvalue weighted by Crippen LogP contribution is 2.38. The first-order chi connectivity index (χ1) is 10.9. The number of anilines is 2. The monoisotopic (exact) mass is 313 g/mol. The summed E-state index contributed by atoms with van der Waals surface area (Å²) in [5.41, 5.74) is 0.0556. The number of amides is 1. The van der Waals surface area contributed by atoms with Gasteiger partial charge in [0.25, 0.3) is 5.91 Å². The Kier molecular flexibility index (Phi) is 4.66. The topological polar surface area (TPSA) is 98.1 Å². The maximum absolute atomic E-state index is 12.6. The molecule has 6 nitrogen and oxygen atoms in total. The number of benzene rings is 2. The van der Waals surface area contributed by atoms with Crippen LogP contribution in [0.1, 0.15) is 6.42 Å². The highest BCUT2D eigenvalue weighted by molar-refractivity contribution is 6.13. The van der Waals surface area contributed by atoms with Gasteiger partial charge in [0.1, 0.15) is 11.5 Å². The van der Waals surface area contributed by atoms with Crippen molar-refractivity contribution in [3.8, 4) is 11.5 Å². The van der Waals surface area contributed by atoms with E-state index in [1.807, 2.05) is 0 Å². The van der Waals surface area contributed by atoms with Gasteiger partial charge in [0.05, 0.1) is 17.8 Å². The Bertz CT molecular complexity index is 724. The summed E-state index contributed by atoms with van der Waals surface area (Å²) in [6.45, 7) is 3.49. The van der Waals surface area contributed by atoms with Gasteiger partial charge in [-0.05, 0) is 24.3 Å². The smallest absolute Gasteiger partial charge is 0.308 e. The molecule has 0 aliphatic rings. The zero-order chi connectivity index (χ0) is 17.0. The molecule has 0 spiro atoms. The first kappa shape index (κ1) is 16.1. The fraction of sp³-hybridized carbons (Fsp3) is 0.0588. The van der Waals surface area contributed by atoms with Gasteiger partial charge in [0, 0.05) is 5.57 Å². The number of phenols is 2. The number of para-hydroxylation sites is 4. The predicted molar refractivity (Wildman–Crippen MR) is 84.8 cm³/mol. The first-order valence-corrected chi connectivity index (χ1v) is 6.72. The lowest BCUT2D eigenvalue weighted by atomic mass is 10.1. The van der Waals surface area contributed by atoms with E-state index >= 15 is 0 Å². The summed E-state index contributed by atoms with van der Waals surface area (Å²) in [6, 6.07) is 12.1. The van der Waals surface area contributed by atoms with Crippen molar-refractivity contribution < 1.29 is 24.9 Å². The van der Waals surface area contributed by atoms with E-state index in [0.29, 0.717) is 0 Å². The molecule has 0 saturated carbocycles. The van der Waals surface area contributed by atoms with Crippen LogP contribution in [-0.4, -0.2) is 27.2 Å². The summed E-state index contributed by atoms with van der Waals surface area (Å²) in [4.78, 5) is 24.5. The number of hydrogen-bond donors (Lipinski definition) is 3. The van der Waals surface area contributed by atoms with Gasteiger partial charge in [0.2, 0.25) is 0 Å². The lowest BCUT2D eigenvalue weighted by Crippen LogP contribution is -2.28. The molecule has 0 heterocycles. The number of rotatable bonds is 5. The van der Waals surface area contributed by atoms with Gasteiger partial charge in [-0.3, -0.25) is 14.5 Å². The SMILES string of the molecule is C=C(CC(=O)O)C(=O)N(c1ccccc1O)c1ccccc1O. The van der Waals surface area contributed by atoms with Crippen molar-refractivity contribution in [3.05, 3.63) is 60.7 Å². The van der Waals surface area contributed by atoms with E-state index in [4.69, 9.17) is 5.11 Å². The molecule has 0 aliphatic heterocycles. The van der Waals surface area contributed by atoms with Crippen molar-refractivity contribution in [3.63, 3.8) is 0 Å². The van der Waals surface area contributed by atoms with Crippen molar-refractivity contribution in [2.45, 2.75) is 6.42 Å². The average Bonchev–Trinajstić information content (AvgIpc) is 2.50. The predicted octanol–water partition coefficient (Wildman–Crippen LogP) is 2.79. The summed E-state index contributed by atoms with van der Waals surface area (Å²) >= 11 is 0. The zero-order valence-electron chi connectivity index (χ0n) is 12.1. The Morgan fingerprint density at radius 2 is 1.35 bits per heavy atom. The fourth-order valence-electron chi connectivity index (χ4n) is 2.07. The second-order valence-electron chi connectivity index (χ2n) is 4.79. The van der Waals surface area contributed by atoms with E-state index in [2.05, 4.69) is 6.58 Å². The molecule has 0 atom stereocenters. The van der Waals surface area contributed by atoms with E-state index < -0.39 is 18.3 Å². The summed E-state index contributed by atoms with van der Waals surface area (Å²) in [6.07, 6.45) is -0.545. The molecule has 0 aliphatic carbocycles. The van der Waals surface area contributed by atoms with Crippen LogP contribution >= 0.6 is 0 Å². The van der Waals surface area contributed by atoms with E-state index in [-0.39, 0.29) is 28.4 Å². The van der Waals surface area contributed by atoms with Gasteiger partial charge < -0.3 is 15.3 Å². The Labute approximate surface area is 132 Å². The number of aromatic hydroxyl groups is 2. The average molecular weight is 313 g/mol. The summed E-state index contributed by atoms with van der Waals surface area (Å²) in [5, 5.41) is 28.9. The minimum atomic E-state index is -1.20. The fourth-order valence-corrected chi connectivity index (χ4v) is 2.07. The highest BCUT2D eigenvalue weighted by Gasteiger charge is 2.25. The quantitative estimate of drug-likeness (QED) is 0.737. The van der Waals surface area contributed by atoms with Gasteiger partial charge in [-0.15, -0.1) is 0 Å². The van der Waals surface area contributed by atoms with Crippen molar-refractivity contribution in [2.24, 2.45) is 0 Å². The molecular weight excluding hydrogens is 298 g/mol. The molecule has 3 N–H and O–H groups in total. The Morgan fingerprint density at radius 1 is 0.913 bits per heavy atom. The van der Waals surface area contributed by atoms with Crippen molar-refractivity contribution in [1.82, 2.24) is 0 Å². The molecule has 0 aromatic heterocycles. The van der Waals surface area contributed by atoms with E-state index in [1.54, 1.807) is 24.3 Å². The number of carboxylic acid groups (broad SMARTS) is 1. The van der Waals surface area contributed by atoms with Crippen LogP contribution in [0, 0.1) is 0 Å². The van der Waals surface area contributed by atoms with Crippen LogP contribution in [0.15, 0.2) is 60.7 Å². The van der Waals surface area contributed by atoms with Gasteiger partial charge in [-0.25, -0.2) is 0 Å². The Hall–Kier alpha value is -3.28. The Morgan fingerprint density at radius 3 is 1.74 bits per heavy atom. The molecule has 6 heteroatoms. The molecule has 23 heavy (non-hydrogen) atoms. The van der Waals surface area contributed by atoms with Gasteiger partial charge >= 0.3 is 5.97 Å². The third kappa shape index (κ3) is 3.49. The van der Waals surface area contributed by atoms with E-state index in [0.717, 1.165) is 4.90 Å². The van der Waals surface area contributed by atoms with Crippen LogP contribution in [0.25, 0.3) is 0 Å². The lowest BCUT2D eigenvalue weighted by Gasteiger charge is -2.25. The zero-order valence-corrected chi connectivity index (χ0v) is 12.1. The third-order valence-corrected chi connectivity index (χ3v) is 3.12. The molecule has 0 unspecified atom stereocenters. The van der Waals surface area contributed by atoms with Crippen molar-refractivity contribution in [1.29, 1.82) is 0 Å². The molecule has 0 bridgehead atoms. The molecule has 0 saturated heterocycles. The van der Waals surface area contributed by atoms with Crippen LogP contribution in [0.5, 0.6) is 11.5 Å². The van der Waals surface area contributed by atoms with Crippen LogP contribution < -0.4 is 4.90 Å². The molecule has 0 radical (unpaired) electrons. The number of nitrogens with zero attached hydrogens (tertiary/aromatic N) is 1. The first-order valence-electron chi connectivity index (χ1n) is 6.72. The van der Waals surface area contributed by atoms with Crippen LogP contribution in [0.4, 0.5) is 11.4 Å². The van der Waals surface area contributed by atoms with Crippen molar-refractivity contribution >= 4 is 23.3 Å². The second kappa shape index (κ2) is 6.65. The standard InChI is InChI=1S/C17H15NO5/c1-11(10-16(21)22)17(23)18(12-6-2-4-8-14(12)19)13-7-3-5-9-15(13)20/h2-9,19-20H,1,10H2,(H,21,22). The van der Waals surface area contributed by atoms with E-state index in [9.17, 15) is 19.8 Å². The van der Waals surface area contributed by atoms with Gasteiger partial charge in [0.15, 0.2) is 0 Å². The van der Waals surface area contributed by atoms with Crippen molar-refractivity contribution in [2.75, 3.05) is 4.90 Å². The molecule has 1 amide bonds. The largest absolute Gasteiger partial charge is 0.506 e. The van der Waals surface area contributed by atoms with Crippen LogP contribution in [0.2, 0.25) is 0 Å². The Balaban J connectivity index is 2.55. The minimum absolute atomic E-state index is 0.116. The maximum Gasteiger partial charge on any atom is 0.308 e. The number of carbonyl (C=O) groups is 2. The number of carbonyl (C=O) groups excluding carboxylic acids is 1. The highest BCUT2D eigenvalue weighted by atomic mass is 16.4. The third-order valence-electron chi connectivity index (χ3n) is 3.12. The van der Waals surface area contributed by atoms with Crippen LogP contribution in [0.3, 0.4) is 0 Å². The number of carboxylic acids is 1. The molecule has 118 valence electrons. The van der Waals surface area contributed by atoms with Crippen LogP contribution in [-0.2, 0) is 9.59 Å². The molecule has 2 aromatic rings. The number of hydrogen-bond acceptors (Lipinski definition) is 4. The molecule has 2 aromatic carbocycles. The lowest BCUT2D eigenvalue weighted by molar-refractivity contribution is -0.136. The van der Waals surface area contributed by atoms with Gasteiger partial charge in [-0.1, -0.05) is 30.8 Å². The van der Waals surface area contributed by atoms with Gasteiger partial charge in [-0.2, -0.15) is 0 Å². The molecule has 2 rings (SSSR count). The minimum Gasteiger partial charge on any atom is -0.506 e.